The molecule has 0 spiro atoms. The third kappa shape index (κ3) is 3.57. The molecule has 0 saturated heterocycles. The molecule has 3 nitrogen and oxygen atoms in total. The standard InChI is InChI=1S/C16H21N3S/c1-11(2)8-15-18-19-16(20-15)17-10-12-4-3-5-14(9-12)13-6-7-13/h3-5,9,11,13H,6-8,10H2,1-2H3,(H,17,19). The van der Waals surface area contributed by atoms with Gasteiger partial charge in [-0.05, 0) is 35.8 Å². The molecule has 0 bridgehead atoms. The highest BCUT2D eigenvalue weighted by Gasteiger charge is 2.23. The largest absolute Gasteiger partial charge is 0.356 e. The zero-order chi connectivity index (χ0) is 13.9. The van der Waals surface area contributed by atoms with E-state index in [1.807, 2.05) is 0 Å². The topological polar surface area (TPSA) is 37.8 Å². The Bertz CT molecular complexity index is 573. The molecule has 1 aliphatic rings. The van der Waals surface area contributed by atoms with E-state index >= 15 is 0 Å². The molecule has 1 heterocycles. The number of hydrogen-bond acceptors (Lipinski definition) is 4. The molecule has 0 unspecified atom stereocenters. The molecule has 20 heavy (non-hydrogen) atoms. The number of benzene rings is 1. The first-order chi connectivity index (χ1) is 9.70. The van der Waals surface area contributed by atoms with Crippen molar-refractivity contribution in [2.75, 3.05) is 5.32 Å². The number of rotatable bonds is 6. The average Bonchev–Trinajstić information content (AvgIpc) is 3.18. The van der Waals surface area contributed by atoms with E-state index in [4.69, 9.17) is 0 Å². The van der Waals surface area contributed by atoms with E-state index in [9.17, 15) is 0 Å². The normalized spacial score (nSPS) is 14.8. The summed E-state index contributed by atoms with van der Waals surface area (Å²) in [7, 11) is 0. The summed E-state index contributed by atoms with van der Waals surface area (Å²) in [5, 5.41) is 13.9. The van der Waals surface area contributed by atoms with Crippen LogP contribution >= 0.6 is 11.3 Å². The Morgan fingerprint density at radius 1 is 1.30 bits per heavy atom. The summed E-state index contributed by atoms with van der Waals surface area (Å²) in [5.74, 6) is 1.44. The Hall–Kier alpha value is -1.42. The van der Waals surface area contributed by atoms with Crippen LogP contribution in [0.25, 0.3) is 0 Å². The Kier molecular flexibility index (Phi) is 4.01. The van der Waals surface area contributed by atoms with Gasteiger partial charge in [0.05, 0.1) is 0 Å². The summed E-state index contributed by atoms with van der Waals surface area (Å²) < 4.78 is 0. The van der Waals surface area contributed by atoms with Gasteiger partial charge in [0.15, 0.2) is 0 Å². The van der Waals surface area contributed by atoms with E-state index in [0.717, 1.165) is 29.0 Å². The van der Waals surface area contributed by atoms with Gasteiger partial charge in [0.2, 0.25) is 5.13 Å². The summed E-state index contributed by atoms with van der Waals surface area (Å²) in [6.45, 7) is 5.24. The van der Waals surface area contributed by atoms with E-state index < -0.39 is 0 Å². The maximum absolute atomic E-state index is 4.23. The molecule has 1 aromatic heterocycles. The second-order valence-electron chi connectivity index (χ2n) is 5.97. The van der Waals surface area contributed by atoms with Gasteiger partial charge in [0.1, 0.15) is 5.01 Å². The molecule has 106 valence electrons. The van der Waals surface area contributed by atoms with E-state index in [2.05, 4.69) is 53.6 Å². The van der Waals surface area contributed by atoms with Crippen molar-refractivity contribution in [2.45, 2.75) is 45.6 Å². The first-order valence-corrected chi connectivity index (χ1v) is 8.17. The molecule has 3 rings (SSSR count). The third-order valence-corrected chi connectivity index (χ3v) is 4.40. The maximum atomic E-state index is 4.23. The molecule has 2 aromatic rings. The molecule has 1 saturated carbocycles. The van der Waals surface area contributed by atoms with Gasteiger partial charge in [-0.15, -0.1) is 10.2 Å². The predicted octanol–water partition coefficient (Wildman–Crippen LogP) is 4.23. The minimum Gasteiger partial charge on any atom is -0.356 e. The molecule has 1 aromatic carbocycles. The van der Waals surface area contributed by atoms with Crippen LogP contribution < -0.4 is 5.32 Å². The van der Waals surface area contributed by atoms with Gasteiger partial charge in [-0.3, -0.25) is 0 Å². The van der Waals surface area contributed by atoms with Crippen LogP contribution in [0.15, 0.2) is 24.3 Å². The van der Waals surface area contributed by atoms with E-state index in [1.165, 1.54) is 24.0 Å². The van der Waals surface area contributed by atoms with Crippen molar-refractivity contribution in [1.82, 2.24) is 10.2 Å². The van der Waals surface area contributed by atoms with Crippen molar-refractivity contribution in [3.05, 3.63) is 40.4 Å². The van der Waals surface area contributed by atoms with E-state index in [0.29, 0.717) is 5.92 Å². The molecule has 0 amide bonds. The fraction of sp³-hybridized carbons (Fsp3) is 0.500. The van der Waals surface area contributed by atoms with Crippen molar-refractivity contribution >= 4 is 16.5 Å². The van der Waals surface area contributed by atoms with Gasteiger partial charge in [-0.2, -0.15) is 0 Å². The van der Waals surface area contributed by atoms with Gasteiger partial charge in [0, 0.05) is 13.0 Å². The number of nitrogens with one attached hydrogen (secondary N) is 1. The van der Waals surface area contributed by atoms with Gasteiger partial charge in [-0.25, -0.2) is 0 Å². The van der Waals surface area contributed by atoms with Gasteiger partial charge >= 0.3 is 0 Å². The minimum absolute atomic E-state index is 0.631. The third-order valence-electron chi connectivity index (χ3n) is 3.49. The van der Waals surface area contributed by atoms with Crippen LogP contribution in [0.1, 0.15) is 48.7 Å². The minimum atomic E-state index is 0.631. The number of anilines is 1. The zero-order valence-corrected chi connectivity index (χ0v) is 12.9. The van der Waals surface area contributed by atoms with Crippen molar-refractivity contribution in [3.63, 3.8) is 0 Å². The second-order valence-corrected chi connectivity index (χ2v) is 7.03. The molecule has 0 radical (unpaired) electrons. The molecular weight excluding hydrogens is 266 g/mol. The lowest BCUT2D eigenvalue weighted by molar-refractivity contribution is 0.640. The maximum Gasteiger partial charge on any atom is 0.205 e. The average molecular weight is 287 g/mol. The smallest absolute Gasteiger partial charge is 0.205 e. The molecule has 0 aliphatic heterocycles. The quantitative estimate of drug-likeness (QED) is 0.864. The van der Waals surface area contributed by atoms with Crippen molar-refractivity contribution in [1.29, 1.82) is 0 Å². The number of nitrogens with zero attached hydrogens (tertiary/aromatic N) is 2. The summed E-state index contributed by atoms with van der Waals surface area (Å²) in [4.78, 5) is 0. The molecule has 1 aliphatic carbocycles. The van der Waals surface area contributed by atoms with Crippen LogP contribution in [0.5, 0.6) is 0 Å². The molecule has 1 fully saturated rings. The molecule has 0 atom stereocenters. The van der Waals surface area contributed by atoms with Crippen LogP contribution in [0, 0.1) is 5.92 Å². The van der Waals surface area contributed by atoms with Crippen molar-refractivity contribution < 1.29 is 0 Å². The highest BCUT2D eigenvalue weighted by Crippen LogP contribution is 2.40. The van der Waals surface area contributed by atoms with Crippen LogP contribution in [0.2, 0.25) is 0 Å². The summed E-state index contributed by atoms with van der Waals surface area (Å²) in [6.07, 6.45) is 3.72. The Balaban J connectivity index is 1.58. The molecule has 4 heteroatoms. The Morgan fingerprint density at radius 3 is 2.90 bits per heavy atom. The monoisotopic (exact) mass is 287 g/mol. The summed E-state index contributed by atoms with van der Waals surface area (Å²) >= 11 is 1.67. The van der Waals surface area contributed by atoms with Gasteiger partial charge in [0.25, 0.3) is 0 Å². The summed E-state index contributed by atoms with van der Waals surface area (Å²) in [6, 6.07) is 8.90. The van der Waals surface area contributed by atoms with E-state index in [1.54, 1.807) is 11.3 Å². The molecular formula is C16H21N3S. The zero-order valence-electron chi connectivity index (χ0n) is 12.1. The van der Waals surface area contributed by atoms with Crippen LogP contribution in [-0.2, 0) is 13.0 Å². The summed E-state index contributed by atoms with van der Waals surface area (Å²) in [5.41, 5.74) is 2.82. The highest BCUT2D eigenvalue weighted by atomic mass is 32.1. The SMILES string of the molecule is CC(C)Cc1nnc(NCc2cccc(C3CC3)c2)s1. The number of hydrogen-bond donors (Lipinski definition) is 1. The van der Waals surface area contributed by atoms with E-state index in [-0.39, 0.29) is 0 Å². The fourth-order valence-corrected chi connectivity index (χ4v) is 3.26. The lowest BCUT2D eigenvalue weighted by Crippen LogP contribution is -1.99. The van der Waals surface area contributed by atoms with Gasteiger partial charge in [-0.1, -0.05) is 49.4 Å². The Morgan fingerprint density at radius 2 is 2.15 bits per heavy atom. The van der Waals surface area contributed by atoms with Crippen molar-refractivity contribution in [2.24, 2.45) is 5.92 Å². The van der Waals surface area contributed by atoms with Crippen LogP contribution in [0.3, 0.4) is 0 Å². The lowest BCUT2D eigenvalue weighted by Gasteiger charge is -2.05. The highest BCUT2D eigenvalue weighted by molar-refractivity contribution is 7.15. The van der Waals surface area contributed by atoms with Gasteiger partial charge < -0.3 is 5.32 Å². The lowest BCUT2D eigenvalue weighted by atomic mass is 10.1. The van der Waals surface area contributed by atoms with Crippen molar-refractivity contribution in [3.8, 4) is 0 Å². The second kappa shape index (κ2) is 5.92. The Labute approximate surface area is 124 Å². The van der Waals surface area contributed by atoms with Crippen LogP contribution in [0.4, 0.5) is 5.13 Å². The van der Waals surface area contributed by atoms with Crippen LogP contribution in [-0.4, -0.2) is 10.2 Å². The first kappa shape index (κ1) is 13.6. The number of aromatic nitrogens is 2. The molecule has 1 N–H and O–H groups in total. The predicted molar refractivity (Wildman–Crippen MR) is 84.2 cm³/mol. The first-order valence-electron chi connectivity index (χ1n) is 7.36. The fourth-order valence-electron chi connectivity index (χ4n) is 2.31.